The van der Waals surface area contributed by atoms with E-state index in [1.807, 2.05) is 0 Å². The number of unbranched alkanes of at least 4 members (excludes halogenated alkanes) is 20. The van der Waals surface area contributed by atoms with Crippen LogP contribution in [0.5, 0.6) is 0 Å². The van der Waals surface area contributed by atoms with Crippen LogP contribution >= 0.6 is 0 Å². The van der Waals surface area contributed by atoms with E-state index in [9.17, 15) is 24.6 Å². The van der Waals surface area contributed by atoms with Crippen LogP contribution in [0.2, 0.25) is 0 Å². The molecule has 0 aliphatic rings. The Kier molecular flexibility index (Phi) is 43.0. The Hall–Kier alpha value is -1.83. The summed E-state index contributed by atoms with van der Waals surface area (Å²) in [5.41, 5.74) is 0. The van der Waals surface area contributed by atoms with Gasteiger partial charge in [0.25, 0.3) is 0 Å². The van der Waals surface area contributed by atoms with Crippen LogP contribution in [0.15, 0.2) is 0 Å². The lowest BCUT2D eigenvalue weighted by atomic mass is 10.1. The molecule has 0 aromatic carbocycles. The molecule has 0 bridgehead atoms. The molecule has 0 aliphatic carbocycles. The minimum Gasteiger partial charge on any atom is -0.469 e. The van der Waals surface area contributed by atoms with Crippen molar-refractivity contribution < 1.29 is 49.0 Å². The SMILES string of the molecule is CCCCCCCCCCCCCOC(=O)CCN(CCC(=O)OCCCCCCCCCCCCC)[C@H](CO)[C@@H](C)O.COC(=O)CCN[C@H](CO)[C@@H](C)O. The zero-order chi connectivity index (χ0) is 42.1. The van der Waals surface area contributed by atoms with Crippen molar-refractivity contribution in [3.05, 3.63) is 0 Å². The van der Waals surface area contributed by atoms with E-state index in [0.717, 1.165) is 25.7 Å². The molecule has 56 heavy (non-hydrogen) atoms. The summed E-state index contributed by atoms with van der Waals surface area (Å²) in [6, 6.07) is -0.927. The Bertz CT molecular complexity index is 833. The summed E-state index contributed by atoms with van der Waals surface area (Å²) in [4.78, 5) is 37.1. The van der Waals surface area contributed by atoms with Gasteiger partial charge in [0.2, 0.25) is 0 Å². The summed E-state index contributed by atoms with van der Waals surface area (Å²) in [6.07, 6.45) is 26.6. The minimum absolute atomic E-state index is 0.154. The van der Waals surface area contributed by atoms with Crippen molar-refractivity contribution in [2.45, 2.75) is 213 Å². The summed E-state index contributed by atoms with van der Waals surface area (Å²) >= 11 is 0. The van der Waals surface area contributed by atoms with Gasteiger partial charge >= 0.3 is 17.9 Å². The lowest BCUT2D eigenvalue weighted by Gasteiger charge is -2.31. The number of esters is 3. The molecular formula is C44H88N2O10. The van der Waals surface area contributed by atoms with Crippen molar-refractivity contribution in [2.75, 3.05) is 53.2 Å². The number of nitrogens with zero attached hydrogens (tertiary/aromatic N) is 1. The van der Waals surface area contributed by atoms with Crippen LogP contribution in [-0.2, 0) is 28.6 Å². The molecule has 0 radical (unpaired) electrons. The van der Waals surface area contributed by atoms with E-state index in [-0.39, 0.29) is 56.4 Å². The van der Waals surface area contributed by atoms with Gasteiger partial charge in [0.05, 0.1) is 77.1 Å². The summed E-state index contributed by atoms with van der Waals surface area (Å²) in [7, 11) is 1.32. The second-order valence-corrected chi connectivity index (χ2v) is 15.3. The zero-order valence-electron chi connectivity index (χ0n) is 36.6. The van der Waals surface area contributed by atoms with E-state index < -0.39 is 18.2 Å². The number of methoxy groups -OCH3 is 1. The molecule has 0 aromatic rings. The standard InChI is InChI=1S/C36H71NO6.C8H17NO4/c1-4-6-8-10-12-14-16-18-20-22-24-30-42-35(40)26-28-37(34(32-38)33(3)39)29-27-36(41)43-31-25-23-21-19-17-15-13-11-9-7-5-2;1-6(11)7(5-10)9-4-3-8(12)13-2/h33-34,38-39H,4-32H2,1-3H3;6-7,9-11H,3-5H2,1-2H3/t33-,34-;6-,7-/m11/s1. The summed E-state index contributed by atoms with van der Waals surface area (Å²) in [6.45, 7) is 9.17. The van der Waals surface area contributed by atoms with Gasteiger partial charge < -0.3 is 40.0 Å². The molecule has 12 heteroatoms. The quantitative estimate of drug-likeness (QED) is 0.0237. The van der Waals surface area contributed by atoms with E-state index in [1.54, 1.807) is 18.7 Å². The molecule has 0 saturated heterocycles. The van der Waals surface area contributed by atoms with Crippen LogP contribution in [0.3, 0.4) is 0 Å². The van der Waals surface area contributed by atoms with Gasteiger partial charge in [-0.1, -0.05) is 142 Å². The predicted molar refractivity (Wildman–Crippen MR) is 225 cm³/mol. The first-order chi connectivity index (χ1) is 27.1. The number of aliphatic hydroxyl groups is 4. The number of rotatable bonds is 39. The molecule has 334 valence electrons. The number of ether oxygens (including phenoxy) is 3. The molecule has 5 N–H and O–H groups in total. The highest BCUT2D eigenvalue weighted by Crippen LogP contribution is 2.13. The second-order valence-electron chi connectivity index (χ2n) is 15.3. The molecule has 0 unspecified atom stereocenters. The summed E-state index contributed by atoms with van der Waals surface area (Å²) in [5.74, 6) is -0.869. The highest BCUT2D eigenvalue weighted by molar-refractivity contribution is 5.70. The van der Waals surface area contributed by atoms with Gasteiger partial charge in [0.15, 0.2) is 0 Å². The Morgan fingerprint density at radius 2 is 0.911 bits per heavy atom. The van der Waals surface area contributed by atoms with E-state index in [0.29, 0.717) is 32.8 Å². The van der Waals surface area contributed by atoms with Gasteiger partial charge in [-0.15, -0.1) is 0 Å². The normalized spacial score (nSPS) is 13.4. The number of hydrogen-bond donors (Lipinski definition) is 5. The zero-order valence-corrected chi connectivity index (χ0v) is 36.6. The number of carbonyl (C=O) groups is 3. The van der Waals surface area contributed by atoms with Gasteiger partial charge in [-0.25, -0.2) is 0 Å². The van der Waals surface area contributed by atoms with Gasteiger partial charge in [0.1, 0.15) is 0 Å². The molecule has 0 aliphatic heterocycles. The average molecular weight is 805 g/mol. The first-order valence-electron chi connectivity index (χ1n) is 22.5. The van der Waals surface area contributed by atoms with Crippen molar-refractivity contribution in [1.82, 2.24) is 10.2 Å². The van der Waals surface area contributed by atoms with E-state index in [1.165, 1.54) is 123 Å². The molecule has 4 atom stereocenters. The van der Waals surface area contributed by atoms with Crippen molar-refractivity contribution in [3.8, 4) is 0 Å². The molecule has 0 amide bonds. The molecule has 0 fully saturated rings. The molecular weight excluding hydrogens is 716 g/mol. The number of carbonyl (C=O) groups excluding carboxylic acids is 3. The highest BCUT2D eigenvalue weighted by atomic mass is 16.5. The number of aliphatic hydroxyl groups excluding tert-OH is 4. The maximum absolute atomic E-state index is 12.3. The van der Waals surface area contributed by atoms with Crippen molar-refractivity contribution >= 4 is 17.9 Å². The first-order valence-corrected chi connectivity index (χ1v) is 22.5. The van der Waals surface area contributed by atoms with Crippen molar-refractivity contribution in [3.63, 3.8) is 0 Å². The Morgan fingerprint density at radius 3 is 1.21 bits per heavy atom. The third kappa shape index (κ3) is 37.7. The third-order valence-electron chi connectivity index (χ3n) is 10.2. The topological polar surface area (TPSA) is 175 Å². The van der Waals surface area contributed by atoms with E-state index in [2.05, 4.69) is 23.9 Å². The van der Waals surface area contributed by atoms with Crippen LogP contribution in [0.25, 0.3) is 0 Å². The van der Waals surface area contributed by atoms with Crippen molar-refractivity contribution in [2.24, 2.45) is 0 Å². The van der Waals surface area contributed by atoms with Gasteiger partial charge in [-0.3, -0.25) is 19.3 Å². The van der Waals surface area contributed by atoms with Crippen LogP contribution < -0.4 is 5.32 Å². The molecule has 0 aromatic heterocycles. The third-order valence-corrected chi connectivity index (χ3v) is 10.2. The fraction of sp³-hybridized carbons (Fsp3) is 0.932. The second kappa shape index (κ2) is 42.8. The first kappa shape index (κ1) is 56.3. The fourth-order valence-corrected chi connectivity index (χ4v) is 6.38. The molecule has 0 saturated carbocycles. The number of hydrogen-bond acceptors (Lipinski definition) is 12. The van der Waals surface area contributed by atoms with Crippen LogP contribution in [0.4, 0.5) is 0 Å². The monoisotopic (exact) mass is 805 g/mol. The molecule has 0 rings (SSSR count). The molecule has 0 heterocycles. The van der Waals surface area contributed by atoms with Crippen LogP contribution in [-0.4, -0.2) is 121 Å². The van der Waals surface area contributed by atoms with E-state index >= 15 is 0 Å². The Balaban J connectivity index is 0. The van der Waals surface area contributed by atoms with Crippen molar-refractivity contribution in [1.29, 1.82) is 0 Å². The smallest absolute Gasteiger partial charge is 0.307 e. The molecule has 12 nitrogen and oxygen atoms in total. The largest absolute Gasteiger partial charge is 0.469 e. The van der Waals surface area contributed by atoms with E-state index in [4.69, 9.17) is 19.7 Å². The lowest BCUT2D eigenvalue weighted by Crippen LogP contribution is -2.47. The average Bonchev–Trinajstić information content (AvgIpc) is 3.18. The number of nitrogens with one attached hydrogen (secondary N) is 1. The maximum atomic E-state index is 12.3. The van der Waals surface area contributed by atoms with Gasteiger partial charge in [-0.2, -0.15) is 0 Å². The van der Waals surface area contributed by atoms with Gasteiger partial charge in [-0.05, 0) is 26.7 Å². The highest BCUT2D eigenvalue weighted by Gasteiger charge is 2.24. The summed E-state index contributed by atoms with van der Waals surface area (Å²) in [5, 5.41) is 40.7. The van der Waals surface area contributed by atoms with Gasteiger partial charge in [0, 0.05) is 19.6 Å². The lowest BCUT2D eigenvalue weighted by molar-refractivity contribution is -0.145. The van der Waals surface area contributed by atoms with Crippen LogP contribution in [0.1, 0.15) is 188 Å². The fourth-order valence-electron chi connectivity index (χ4n) is 6.38. The molecule has 0 spiro atoms. The maximum Gasteiger partial charge on any atom is 0.307 e. The Labute approximate surface area is 342 Å². The Morgan fingerprint density at radius 1 is 0.536 bits per heavy atom. The van der Waals surface area contributed by atoms with Crippen LogP contribution in [0, 0.1) is 0 Å². The predicted octanol–water partition coefficient (Wildman–Crippen LogP) is 7.40. The summed E-state index contributed by atoms with van der Waals surface area (Å²) < 4.78 is 15.3. The minimum atomic E-state index is -0.787.